The molecule has 1 aliphatic rings. The van der Waals surface area contributed by atoms with Gasteiger partial charge < -0.3 is 9.64 Å². The third-order valence-electron chi connectivity index (χ3n) is 4.34. The van der Waals surface area contributed by atoms with E-state index in [1.165, 1.54) is 12.1 Å². The number of likely N-dealkylation sites (tertiary alicyclic amines) is 1. The number of benzene rings is 2. The molecule has 0 radical (unpaired) electrons. The zero-order chi connectivity index (χ0) is 18.0. The van der Waals surface area contributed by atoms with Crippen LogP contribution in [0.25, 0.3) is 0 Å². The van der Waals surface area contributed by atoms with Gasteiger partial charge in [0.2, 0.25) is 0 Å². The van der Waals surface area contributed by atoms with Crippen LogP contribution in [0.5, 0.6) is 11.5 Å². The lowest BCUT2D eigenvalue weighted by Crippen LogP contribution is -2.49. The van der Waals surface area contributed by atoms with E-state index in [9.17, 15) is 18.0 Å². The fourth-order valence-corrected chi connectivity index (χ4v) is 2.69. The standard InChI is InChI=1S/C19H18F3NO2/c1-2-13-11-23(12-13)18(24)14-3-7-16(8-4-14)25-17-9-5-15(6-10-17)19(20,21)22/h3-10,13H,2,11-12H2,1H3. The molecule has 25 heavy (non-hydrogen) atoms. The summed E-state index contributed by atoms with van der Waals surface area (Å²) in [4.78, 5) is 14.1. The lowest BCUT2D eigenvalue weighted by atomic mass is 9.96. The van der Waals surface area contributed by atoms with Crippen molar-refractivity contribution in [2.75, 3.05) is 13.1 Å². The molecule has 1 fully saturated rings. The van der Waals surface area contributed by atoms with E-state index in [1.54, 1.807) is 29.2 Å². The number of halogens is 3. The Morgan fingerprint density at radius 3 is 2.04 bits per heavy atom. The second-order valence-corrected chi connectivity index (χ2v) is 6.13. The van der Waals surface area contributed by atoms with Crippen molar-refractivity contribution >= 4 is 5.91 Å². The van der Waals surface area contributed by atoms with Crippen molar-refractivity contribution in [3.8, 4) is 11.5 Å². The number of rotatable bonds is 4. The second-order valence-electron chi connectivity index (χ2n) is 6.13. The van der Waals surface area contributed by atoms with E-state index in [4.69, 9.17) is 4.74 Å². The molecule has 0 aliphatic carbocycles. The van der Waals surface area contributed by atoms with E-state index in [-0.39, 0.29) is 5.91 Å². The Labute approximate surface area is 144 Å². The summed E-state index contributed by atoms with van der Waals surface area (Å²) < 4.78 is 43.1. The monoisotopic (exact) mass is 349 g/mol. The first-order chi connectivity index (χ1) is 11.9. The highest BCUT2D eigenvalue weighted by Gasteiger charge is 2.30. The van der Waals surface area contributed by atoms with Crippen molar-refractivity contribution in [3.63, 3.8) is 0 Å². The van der Waals surface area contributed by atoms with Crippen LogP contribution in [0, 0.1) is 5.92 Å². The van der Waals surface area contributed by atoms with Gasteiger partial charge in [0, 0.05) is 18.7 Å². The van der Waals surface area contributed by atoms with Gasteiger partial charge in [-0.3, -0.25) is 4.79 Å². The summed E-state index contributed by atoms with van der Waals surface area (Å²) in [6, 6.07) is 11.1. The molecule has 3 nitrogen and oxygen atoms in total. The first-order valence-electron chi connectivity index (χ1n) is 8.11. The van der Waals surface area contributed by atoms with Crippen LogP contribution in [0.15, 0.2) is 48.5 Å². The van der Waals surface area contributed by atoms with Crippen LogP contribution in [0.1, 0.15) is 29.3 Å². The summed E-state index contributed by atoms with van der Waals surface area (Å²) >= 11 is 0. The molecular formula is C19H18F3NO2. The van der Waals surface area contributed by atoms with Crippen molar-refractivity contribution in [2.45, 2.75) is 19.5 Å². The van der Waals surface area contributed by atoms with E-state index in [0.29, 0.717) is 23.0 Å². The van der Waals surface area contributed by atoms with E-state index < -0.39 is 11.7 Å². The summed E-state index contributed by atoms with van der Waals surface area (Å²) in [5.41, 5.74) is -0.143. The van der Waals surface area contributed by atoms with Gasteiger partial charge in [-0.05, 0) is 60.9 Å². The third-order valence-corrected chi connectivity index (χ3v) is 4.34. The van der Waals surface area contributed by atoms with Gasteiger partial charge in [-0.2, -0.15) is 13.2 Å². The quantitative estimate of drug-likeness (QED) is 0.779. The topological polar surface area (TPSA) is 29.5 Å². The average Bonchev–Trinajstić information content (AvgIpc) is 2.54. The highest BCUT2D eigenvalue weighted by molar-refractivity contribution is 5.94. The Balaban J connectivity index is 1.62. The molecule has 0 unspecified atom stereocenters. The summed E-state index contributed by atoms with van der Waals surface area (Å²) in [6.07, 6.45) is -3.29. The molecule has 0 N–H and O–H groups in total. The van der Waals surface area contributed by atoms with Crippen LogP contribution < -0.4 is 4.74 Å². The molecule has 2 aromatic carbocycles. The molecular weight excluding hydrogens is 331 g/mol. The van der Waals surface area contributed by atoms with Gasteiger partial charge in [0.25, 0.3) is 5.91 Å². The Morgan fingerprint density at radius 1 is 1.04 bits per heavy atom. The van der Waals surface area contributed by atoms with Crippen molar-refractivity contribution < 1.29 is 22.7 Å². The largest absolute Gasteiger partial charge is 0.457 e. The molecule has 1 heterocycles. The molecule has 0 saturated carbocycles. The average molecular weight is 349 g/mol. The van der Waals surface area contributed by atoms with Crippen LogP contribution in [0.3, 0.4) is 0 Å². The van der Waals surface area contributed by atoms with E-state index >= 15 is 0 Å². The second kappa shape index (κ2) is 6.78. The van der Waals surface area contributed by atoms with Gasteiger partial charge in [0.15, 0.2) is 0 Å². The number of hydrogen-bond donors (Lipinski definition) is 0. The number of amides is 1. The number of alkyl halides is 3. The summed E-state index contributed by atoms with van der Waals surface area (Å²) in [7, 11) is 0. The van der Waals surface area contributed by atoms with Gasteiger partial charge >= 0.3 is 6.18 Å². The van der Waals surface area contributed by atoms with Gasteiger partial charge in [-0.1, -0.05) is 6.92 Å². The normalized spacial score (nSPS) is 15.0. The molecule has 1 saturated heterocycles. The Hall–Kier alpha value is -2.50. The fraction of sp³-hybridized carbons (Fsp3) is 0.316. The molecule has 0 spiro atoms. The Kier molecular flexibility index (Phi) is 4.70. The number of nitrogens with zero attached hydrogens (tertiary/aromatic N) is 1. The highest BCUT2D eigenvalue weighted by atomic mass is 19.4. The number of carbonyl (C=O) groups excluding carboxylic acids is 1. The molecule has 0 bridgehead atoms. The van der Waals surface area contributed by atoms with Crippen LogP contribution in [-0.2, 0) is 6.18 Å². The summed E-state index contributed by atoms with van der Waals surface area (Å²) in [5, 5.41) is 0. The van der Waals surface area contributed by atoms with Crippen molar-refractivity contribution in [1.29, 1.82) is 0 Å². The molecule has 1 amide bonds. The maximum atomic E-state index is 12.5. The number of hydrogen-bond acceptors (Lipinski definition) is 2. The third kappa shape index (κ3) is 3.95. The minimum absolute atomic E-state index is 0.00854. The lowest BCUT2D eigenvalue weighted by molar-refractivity contribution is -0.137. The minimum atomic E-state index is -4.37. The molecule has 3 rings (SSSR count). The van der Waals surface area contributed by atoms with Crippen molar-refractivity contribution in [2.24, 2.45) is 5.92 Å². The van der Waals surface area contributed by atoms with E-state index in [1.807, 2.05) is 0 Å². The first-order valence-corrected chi connectivity index (χ1v) is 8.11. The van der Waals surface area contributed by atoms with Crippen LogP contribution >= 0.6 is 0 Å². The fourth-order valence-electron chi connectivity index (χ4n) is 2.69. The van der Waals surface area contributed by atoms with Crippen molar-refractivity contribution in [3.05, 3.63) is 59.7 Å². The van der Waals surface area contributed by atoms with Crippen LogP contribution in [0.4, 0.5) is 13.2 Å². The minimum Gasteiger partial charge on any atom is -0.457 e. The SMILES string of the molecule is CCC1CN(C(=O)c2ccc(Oc3ccc(C(F)(F)F)cc3)cc2)C1. The van der Waals surface area contributed by atoms with Crippen molar-refractivity contribution in [1.82, 2.24) is 4.90 Å². The molecule has 0 aromatic heterocycles. The Bertz CT molecular complexity index is 733. The molecule has 132 valence electrons. The van der Waals surface area contributed by atoms with Crippen LogP contribution in [-0.4, -0.2) is 23.9 Å². The molecule has 1 aliphatic heterocycles. The Morgan fingerprint density at radius 2 is 1.56 bits per heavy atom. The van der Waals surface area contributed by atoms with Gasteiger partial charge in [0.05, 0.1) is 5.56 Å². The van der Waals surface area contributed by atoms with Gasteiger partial charge in [-0.25, -0.2) is 0 Å². The zero-order valence-electron chi connectivity index (χ0n) is 13.7. The summed E-state index contributed by atoms with van der Waals surface area (Å²) in [5.74, 6) is 1.35. The predicted molar refractivity (Wildman–Crippen MR) is 87.6 cm³/mol. The molecule has 6 heteroatoms. The predicted octanol–water partition coefficient (Wildman–Crippen LogP) is 4.98. The van der Waals surface area contributed by atoms with E-state index in [2.05, 4.69) is 6.92 Å². The number of ether oxygens (including phenoxy) is 1. The lowest BCUT2D eigenvalue weighted by Gasteiger charge is -2.38. The smallest absolute Gasteiger partial charge is 0.416 e. The molecule has 2 aromatic rings. The van der Waals surface area contributed by atoms with E-state index in [0.717, 1.165) is 31.6 Å². The number of carbonyl (C=O) groups is 1. The first kappa shape index (κ1) is 17.3. The molecule has 0 atom stereocenters. The van der Waals surface area contributed by atoms with Gasteiger partial charge in [0.1, 0.15) is 11.5 Å². The zero-order valence-corrected chi connectivity index (χ0v) is 13.7. The maximum Gasteiger partial charge on any atom is 0.416 e. The van der Waals surface area contributed by atoms with Crippen LogP contribution in [0.2, 0.25) is 0 Å². The highest BCUT2D eigenvalue weighted by Crippen LogP contribution is 2.31. The summed E-state index contributed by atoms with van der Waals surface area (Å²) in [6.45, 7) is 3.69. The maximum absolute atomic E-state index is 12.5. The van der Waals surface area contributed by atoms with Gasteiger partial charge in [-0.15, -0.1) is 0 Å².